The van der Waals surface area contributed by atoms with Crippen molar-refractivity contribution in [1.29, 1.82) is 0 Å². The minimum absolute atomic E-state index is 0.102. The van der Waals surface area contributed by atoms with E-state index in [1.807, 2.05) is 31.2 Å². The van der Waals surface area contributed by atoms with Gasteiger partial charge in [0.2, 0.25) is 5.91 Å². The molecule has 146 valence electrons. The van der Waals surface area contributed by atoms with Crippen LogP contribution >= 0.6 is 0 Å². The first-order chi connectivity index (χ1) is 13.5. The molecule has 0 saturated carbocycles. The molecule has 0 radical (unpaired) electrons. The van der Waals surface area contributed by atoms with Crippen molar-refractivity contribution in [2.45, 2.75) is 19.9 Å². The molecule has 0 fully saturated rings. The lowest BCUT2D eigenvalue weighted by atomic mass is 10.2. The van der Waals surface area contributed by atoms with Crippen LogP contribution in [0.2, 0.25) is 0 Å². The van der Waals surface area contributed by atoms with Gasteiger partial charge in [-0.05, 0) is 31.2 Å². The normalized spacial score (nSPS) is 10.8. The van der Waals surface area contributed by atoms with E-state index in [9.17, 15) is 14.4 Å². The van der Waals surface area contributed by atoms with Gasteiger partial charge in [-0.2, -0.15) is 0 Å². The lowest BCUT2D eigenvalue weighted by Gasteiger charge is -2.18. The molecular weight excluding hydrogens is 358 g/mol. The second-order valence-electron chi connectivity index (χ2n) is 6.65. The van der Waals surface area contributed by atoms with Crippen molar-refractivity contribution in [2.24, 2.45) is 0 Å². The Morgan fingerprint density at radius 1 is 1.11 bits per heavy atom. The molecule has 1 N–H and O–H groups in total. The standard InChI is InChI=1S/C21H23N3O4/c1-15-7-9-16(10-8-15)28-14-13-23(2)19(25)11-12-24-18-6-4-3-5-17(18)20(26)22-21(24)27/h3-10H,11-14H2,1-2H3,(H,22,26,27). The van der Waals surface area contributed by atoms with Crippen molar-refractivity contribution >= 4 is 16.8 Å². The number of aromatic amines is 1. The lowest BCUT2D eigenvalue weighted by molar-refractivity contribution is -0.130. The molecule has 0 unspecified atom stereocenters. The maximum atomic E-state index is 12.4. The van der Waals surface area contributed by atoms with Crippen LogP contribution in [-0.4, -0.2) is 40.6 Å². The molecule has 3 rings (SSSR count). The van der Waals surface area contributed by atoms with Crippen LogP contribution in [0.1, 0.15) is 12.0 Å². The molecule has 1 amide bonds. The van der Waals surface area contributed by atoms with Crippen molar-refractivity contribution in [3.8, 4) is 5.75 Å². The van der Waals surface area contributed by atoms with Gasteiger partial charge in [-0.3, -0.25) is 19.1 Å². The minimum Gasteiger partial charge on any atom is -0.492 e. The summed E-state index contributed by atoms with van der Waals surface area (Å²) in [5.74, 6) is 0.660. The van der Waals surface area contributed by atoms with E-state index in [1.54, 1.807) is 36.2 Å². The third-order valence-electron chi connectivity index (χ3n) is 4.60. The van der Waals surface area contributed by atoms with Crippen LogP contribution in [0.3, 0.4) is 0 Å². The molecule has 0 spiro atoms. The lowest BCUT2D eigenvalue weighted by Crippen LogP contribution is -2.34. The summed E-state index contributed by atoms with van der Waals surface area (Å²) in [7, 11) is 1.70. The van der Waals surface area contributed by atoms with Crippen LogP contribution in [0.5, 0.6) is 5.75 Å². The molecule has 0 saturated heterocycles. The van der Waals surface area contributed by atoms with Gasteiger partial charge in [0.05, 0.1) is 17.4 Å². The van der Waals surface area contributed by atoms with Crippen LogP contribution in [0.15, 0.2) is 58.1 Å². The molecule has 7 nitrogen and oxygen atoms in total. The SMILES string of the molecule is Cc1ccc(OCCN(C)C(=O)CCn2c(=O)[nH]c(=O)c3ccccc32)cc1. The minimum atomic E-state index is -0.512. The Hall–Kier alpha value is -3.35. The van der Waals surface area contributed by atoms with E-state index in [0.717, 1.165) is 11.3 Å². The maximum absolute atomic E-state index is 12.4. The number of amides is 1. The van der Waals surface area contributed by atoms with E-state index in [1.165, 1.54) is 4.57 Å². The van der Waals surface area contributed by atoms with Crippen LogP contribution in [0.4, 0.5) is 0 Å². The summed E-state index contributed by atoms with van der Waals surface area (Å²) in [6.45, 7) is 3.02. The summed E-state index contributed by atoms with van der Waals surface area (Å²) in [5, 5.41) is 0.425. The van der Waals surface area contributed by atoms with E-state index in [0.29, 0.717) is 24.1 Å². The van der Waals surface area contributed by atoms with Crippen molar-refractivity contribution < 1.29 is 9.53 Å². The molecule has 7 heteroatoms. The Bertz CT molecular complexity index is 1080. The topological polar surface area (TPSA) is 84.4 Å². The fourth-order valence-electron chi connectivity index (χ4n) is 2.92. The number of para-hydroxylation sites is 1. The van der Waals surface area contributed by atoms with Gasteiger partial charge in [-0.25, -0.2) is 4.79 Å². The van der Waals surface area contributed by atoms with Crippen LogP contribution < -0.4 is 16.0 Å². The number of nitrogens with zero attached hydrogens (tertiary/aromatic N) is 2. The van der Waals surface area contributed by atoms with Gasteiger partial charge in [0.25, 0.3) is 5.56 Å². The molecule has 0 aliphatic rings. The summed E-state index contributed by atoms with van der Waals surface area (Å²) in [4.78, 5) is 40.3. The largest absolute Gasteiger partial charge is 0.492 e. The number of aromatic nitrogens is 2. The van der Waals surface area contributed by atoms with Gasteiger partial charge in [-0.15, -0.1) is 0 Å². The van der Waals surface area contributed by atoms with Crippen molar-refractivity contribution in [3.63, 3.8) is 0 Å². The predicted molar refractivity (Wildman–Crippen MR) is 108 cm³/mol. The summed E-state index contributed by atoms with van der Waals surface area (Å²) in [6, 6.07) is 14.6. The van der Waals surface area contributed by atoms with Crippen LogP contribution in [0, 0.1) is 6.92 Å². The fraction of sp³-hybridized carbons (Fsp3) is 0.286. The highest BCUT2D eigenvalue weighted by atomic mass is 16.5. The molecule has 0 aliphatic heterocycles. The number of ether oxygens (including phenoxy) is 1. The number of H-pyrrole nitrogens is 1. The summed E-state index contributed by atoms with van der Waals surface area (Å²) < 4.78 is 7.07. The van der Waals surface area contributed by atoms with E-state index < -0.39 is 11.2 Å². The molecule has 28 heavy (non-hydrogen) atoms. The Labute approximate surface area is 162 Å². The third kappa shape index (κ3) is 4.49. The first-order valence-electron chi connectivity index (χ1n) is 9.11. The number of benzene rings is 2. The molecular formula is C21H23N3O4. The molecule has 3 aromatic rings. The summed E-state index contributed by atoms with van der Waals surface area (Å²) >= 11 is 0. The zero-order valence-electron chi connectivity index (χ0n) is 16.0. The van der Waals surface area contributed by atoms with Gasteiger partial charge in [-0.1, -0.05) is 29.8 Å². The number of aryl methyl sites for hydroxylation is 2. The smallest absolute Gasteiger partial charge is 0.328 e. The van der Waals surface area contributed by atoms with Gasteiger partial charge >= 0.3 is 5.69 Å². The number of carbonyl (C=O) groups excluding carboxylic acids is 1. The van der Waals surface area contributed by atoms with Gasteiger partial charge in [0, 0.05) is 20.0 Å². The number of fused-ring (bicyclic) bond motifs is 1. The highest BCUT2D eigenvalue weighted by molar-refractivity contribution is 5.78. The number of carbonyl (C=O) groups is 1. The Balaban J connectivity index is 1.58. The summed E-state index contributed by atoms with van der Waals surface area (Å²) in [5.41, 5.74) is 0.745. The van der Waals surface area contributed by atoms with E-state index in [4.69, 9.17) is 4.74 Å². The number of rotatable bonds is 7. The molecule has 2 aromatic carbocycles. The first-order valence-corrected chi connectivity index (χ1v) is 9.11. The van der Waals surface area contributed by atoms with Crippen molar-refractivity contribution in [1.82, 2.24) is 14.5 Å². The van der Waals surface area contributed by atoms with Gasteiger partial charge < -0.3 is 9.64 Å². The molecule has 1 heterocycles. The Morgan fingerprint density at radius 2 is 1.82 bits per heavy atom. The maximum Gasteiger partial charge on any atom is 0.328 e. The Morgan fingerprint density at radius 3 is 2.57 bits per heavy atom. The molecule has 0 bridgehead atoms. The second-order valence-corrected chi connectivity index (χ2v) is 6.65. The molecule has 0 atom stereocenters. The quantitative estimate of drug-likeness (QED) is 0.678. The van der Waals surface area contributed by atoms with Crippen LogP contribution in [-0.2, 0) is 11.3 Å². The average molecular weight is 381 g/mol. The monoisotopic (exact) mass is 381 g/mol. The second kappa shape index (κ2) is 8.56. The highest BCUT2D eigenvalue weighted by Gasteiger charge is 2.12. The zero-order valence-corrected chi connectivity index (χ0v) is 16.0. The first kappa shape index (κ1) is 19.4. The number of hydrogen-bond acceptors (Lipinski definition) is 4. The number of hydrogen-bond donors (Lipinski definition) is 1. The predicted octanol–water partition coefficient (Wildman–Crippen LogP) is 1.93. The third-order valence-corrected chi connectivity index (χ3v) is 4.60. The van der Waals surface area contributed by atoms with Gasteiger partial charge in [0.1, 0.15) is 12.4 Å². The molecule has 1 aromatic heterocycles. The molecule has 0 aliphatic carbocycles. The number of likely N-dealkylation sites (N-methyl/N-ethyl adjacent to an activating group) is 1. The van der Waals surface area contributed by atoms with Crippen molar-refractivity contribution in [2.75, 3.05) is 20.2 Å². The van der Waals surface area contributed by atoms with E-state index in [2.05, 4.69) is 4.98 Å². The fourth-order valence-corrected chi connectivity index (χ4v) is 2.92. The zero-order chi connectivity index (χ0) is 20.1. The Kier molecular flexibility index (Phi) is 5.93. The van der Waals surface area contributed by atoms with Crippen molar-refractivity contribution in [3.05, 3.63) is 74.9 Å². The highest BCUT2D eigenvalue weighted by Crippen LogP contribution is 2.11. The average Bonchev–Trinajstić information content (AvgIpc) is 2.69. The number of nitrogens with one attached hydrogen (secondary N) is 1. The van der Waals surface area contributed by atoms with E-state index in [-0.39, 0.29) is 18.9 Å². The summed E-state index contributed by atoms with van der Waals surface area (Å²) in [6.07, 6.45) is 0.150. The van der Waals surface area contributed by atoms with E-state index >= 15 is 0 Å². The van der Waals surface area contributed by atoms with Crippen LogP contribution in [0.25, 0.3) is 10.9 Å². The van der Waals surface area contributed by atoms with Gasteiger partial charge in [0.15, 0.2) is 0 Å².